The first-order valence-electron chi connectivity index (χ1n) is 14.1. The molecule has 3 aromatic carbocycles. The molecule has 9 nitrogen and oxygen atoms in total. The molecule has 7 rings (SSSR count). The highest BCUT2D eigenvalue weighted by Gasteiger charge is 2.77. The number of rotatable bonds is 6. The van der Waals surface area contributed by atoms with Gasteiger partial charge >= 0.3 is 0 Å². The second-order valence-electron chi connectivity index (χ2n) is 11.7. The average Bonchev–Trinajstić information content (AvgIpc) is 3.66. The molecule has 0 spiro atoms. The minimum absolute atomic E-state index is 0.222. The number of hydrogen-bond acceptors (Lipinski definition) is 8. The van der Waals surface area contributed by atoms with Crippen LogP contribution in [-0.4, -0.2) is 58.7 Å². The summed E-state index contributed by atoms with van der Waals surface area (Å²) in [6, 6.07) is 20.3. The summed E-state index contributed by atoms with van der Waals surface area (Å²) < 4.78 is 12.6. The first kappa shape index (κ1) is 26.0. The number of carbonyl (C=O) groups is 2. The zero-order chi connectivity index (χ0) is 28.5. The van der Waals surface area contributed by atoms with E-state index in [9.17, 15) is 25.1 Å². The molecule has 2 bridgehead atoms. The molecule has 2 amide bonds. The number of anilines is 2. The Morgan fingerprint density at radius 3 is 2.59 bits per heavy atom. The standard InChI is InChI=1S/C32H31N3O6/c1-31-25(36)17-32(41-31,13-15-40-21-7-4-6-20(16-21)34-14-5-10-26(34)37)28-27(31)29(38)35(30(28)39)24-12-11-19(18-33)22-8-2-3-9-23(22)24/h2-4,6-9,11-12,16,25-28,36-37H,5,10,13-15,17H2,1H3/t25-,26?,27-,28+,31-,32+/m0/s1. The van der Waals surface area contributed by atoms with Crippen molar-refractivity contribution in [2.75, 3.05) is 23.0 Å². The van der Waals surface area contributed by atoms with E-state index in [4.69, 9.17) is 9.47 Å². The van der Waals surface area contributed by atoms with E-state index in [1.54, 1.807) is 31.2 Å². The van der Waals surface area contributed by atoms with Crippen molar-refractivity contribution in [1.29, 1.82) is 5.26 Å². The van der Waals surface area contributed by atoms with Crippen molar-refractivity contribution in [3.63, 3.8) is 0 Å². The topological polar surface area (TPSA) is 123 Å². The maximum absolute atomic E-state index is 14.1. The number of aliphatic hydroxyl groups is 2. The van der Waals surface area contributed by atoms with E-state index >= 15 is 0 Å². The largest absolute Gasteiger partial charge is 0.493 e. The number of benzene rings is 3. The molecule has 0 aliphatic carbocycles. The Hall–Kier alpha value is -3.97. The summed E-state index contributed by atoms with van der Waals surface area (Å²) in [6.45, 7) is 2.73. The molecule has 9 heteroatoms. The number of aliphatic hydroxyl groups excluding tert-OH is 2. The van der Waals surface area contributed by atoms with Gasteiger partial charge in [-0.1, -0.05) is 30.3 Å². The molecular formula is C32H31N3O6. The molecule has 0 saturated carbocycles. The van der Waals surface area contributed by atoms with Gasteiger partial charge in [-0.25, -0.2) is 4.90 Å². The van der Waals surface area contributed by atoms with Crippen molar-refractivity contribution in [2.24, 2.45) is 11.8 Å². The van der Waals surface area contributed by atoms with E-state index in [0.29, 0.717) is 34.2 Å². The summed E-state index contributed by atoms with van der Waals surface area (Å²) in [5, 5.41) is 32.2. The van der Waals surface area contributed by atoms with Gasteiger partial charge in [0, 0.05) is 41.9 Å². The third kappa shape index (κ3) is 3.71. The molecule has 0 radical (unpaired) electrons. The molecule has 4 fully saturated rings. The van der Waals surface area contributed by atoms with Crippen LogP contribution < -0.4 is 14.5 Å². The molecule has 1 unspecified atom stereocenters. The fraction of sp³-hybridized carbons (Fsp3) is 0.406. The smallest absolute Gasteiger partial charge is 0.240 e. The monoisotopic (exact) mass is 553 g/mol. The number of hydrogen-bond donors (Lipinski definition) is 2. The van der Waals surface area contributed by atoms with Gasteiger partial charge in [0.05, 0.1) is 47.5 Å². The summed E-state index contributed by atoms with van der Waals surface area (Å²) in [4.78, 5) is 31.2. The number of ether oxygens (including phenoxy) is 2. The second-order valence-corrected chi connectivity index (χ2v) is 11.7. The lowest BCUT2D eigenvalue weighted by atomic mass is 9.66. The predicted molar refractivity (Wildman–Crippen MR) is 150 cm³/mol. The van der Waals surface area contributed by atoms with Crippen LogP contribution in [0.5, 0.6) is 5.75 Å². The van der Waals surface area contributed by atoms with Crippen molar-refractivity contribution < 1.29 is 29.3 Å². The minimum atomic E-state index is -1.19. The number of carbonyl (C=O) groups excluding carboxylic acids is 2. The van der Waals surface area contributed by atoms with Gasteiger partial charge in [-0.3, -0.25) is 9.59 Å². The first-order chi connectivity index (χ1) is 19.8. The van der Waals surface area contributed by atoms with Crippen LogP contribution in [-0.2, 0) is 14.3 Å². The van der Waals surface area contributed by atoms with Crippen LogP contribution in [0.4, 0.5) is 11.4 Å². The average molecular weight is 554 g/mol. The van der Waals surface area contributed by atoms with Crippen LogP contribution in [0.3, 0.4) is 0 Å². The Kier molecular flexibility index (Phi) is 5.88. The molecule has 4 heterocycles. The molecule has 210 valence electrons. The van der Waals surface area contributed by atoms with Crippen LogP contribution in [0.15, 0.2) is 60.7 Å². The van der Waals surface area contributed by atoms with Crippen LogP contribution >= 0.6 is 0 Å². The quantitative estimate of drug-likeness (QED) is 0.445. The minimum Gasteiger partial charge on any atom is -0.493 e. The highest BCUT2D eigenvalue weighted by Crippen LogP contribution is 2.62. The SMILES string of the molecule is C[C@]12O[C@](CCOc3cccc(N4CCCC4O)c3)(C[C@@H]1O)[C@H]1C(=O)N(c3ccc(C#N)c4ccccc34)C(=O)[C@H]12. The van der Waals surface area contributed by atoms with Gasteiger partial charge in [-0.2, -0.15) is 5.26 Å². The van der Waals surface area contributed by atoms with Crippen molar-refractivity contribution in [3.8, 4) is 11.8 Å². The second kappa shape index (κ2) is 9.28. The van der Waals surface area contributed by atoms with Gasteiger partial charge in [0.1, 0.15) is 17.6 Å². The van der Waals surface area contributed by atoms with Gasteiger partial charge in [0.2, 0.25) is 11.8 Å². The van der Waals surface area contributed by atoms with Crippen LogP contribution in [0.25, 0.3) is 10.8 Å². The molecule has 2 N–H and O–H groups in total. The number of amides is 2. The Morgan fingerprint density at radius 2 is 1.83 bits per heavy atom. The van der Waals surface area contributed by atoms with Crippen LogP contribution in [0, 0.1) is 23.2 Å². The molecule has 4 aliphatic rings. The number of imide groups is 1. The lowest BCUT2D eigenvalue weighted by Crippen LogP contribution is -2.49. The van der Waals surface area contributed by atoms with Crippen LogP contribution in [0.2, 0.25) is 0 Å². The van der Waals surface area contributed by atoms with E-state index in [1.807, 2.05) is 41.3 Å². The fourth-order valence-electron chi connectivity index (χ4n) is 7.58. The van der Waals surface area contributed by atoms with Crippen LogP contribution in [0.1, 0.15) is 38.2 Å². The molecule has 3 aromatic rings. The summed E-state index contributed by atoms with van der Waals surface area (Å²) in [5.74, 6) is -1.69. The lowest BCUT2D eigenvalue weighted by molar-refractivity contribution is -0.134. The van der Waals surface area contributed by atoms with Gasteiger partial charge in [-0.05, 0) is 44.0 Å². The van der Waals surface area contributed by atoms with Gasteiger partial charge in [-0.15, -0.1) is 0 Å². The fourth-order valence-corrected chi connectivity index (χ4v) is 7.58. The van der Waals surface area contributed by atoms with Gasteiger partial charge < -0.3 is 24.6 Å². The number of nitriles is 1. The molecule has 6 atom stereocenters. The van der Waals surface area contributed by atoms with E-state index in [2.05, 4.69) is 6.07 Å². The Balaban J connectivity index is 1.17. The number of nitrogens with zero attached hydrogens (tertiary/aromatic N) is 3. The van der Waals surface area contributed by atoms with Crippen molar-refractivity contribution in [2.45, 2.75) is 56.1 Å². The third-order valence-electron chi connectivity index (χ3n) is 9.54. The third-order valence-corrected chi connectivity index (χ3v) is 9.54. The summed E-state index contributed by atoms with van der Waals surface area (Å²) in [5.41, 5.74) is -0.458. The normalized spacial score (nSPS) is 32.1. The summed E-state index contributed by atoms with van der Waals surface area (Å²) in [6.07, 6.45) is 0.799. The zero-order valence-electron chi connectivity index (χ0n) is 22.7. The Labute approximate surface area is 237 Å². The highest BCUT2D eigenvalue weighted by atomic mass is 16.6. The van der Waals surface area contributed by atoms with Gasteiger partial charge in [0.25, 0.3) is 0 Å². The molecular weight excluding hydrogens is 522 g/mol. The Bertz CT molecular complexity index is 1620. The molecule has 0 aromatic heterocycles. The van der Waals surface area contributed by atoms with E-state index in [1.165, 1.54) is 4.90 Å². The maximum Gasteiger partial charge on any atom is 0.240 e. The zero-order valence-corrected chi connectivity index (χ0v) is 22.7. The lowest BCUT2D eigenvalue weighted by Gasteiger charge is -2.33. The maximum atomic E-state index is 14.1. The van der Waals surface area contributed by atoms with Gasteiger partial charge in [0.15, 0.2) is 0 Å². The first-order valence-corrected chi connectivity index (χ1v) is 14.1. The van der Waals surface area contributed by atoms with Crippen molar-refractivity contribution in [1.82, 2.24) is 0 Å². The number of fused-ring (bicyclic) bond motifs is 6. The van der Waals surface area contributed by atoms with Crippen molar-refractivity contribution in [3.05, 3.63) is 66.2 Å². The van der Waals surface area contributed by atoms with E-state index in [0.717, 1.165) is 25.1 Å². The predicted octanol–water partition coefficient (Wildman–Crippen LogP) is 3.50. The van der Waals surface area contributed by atoms with Crippen molar-refractivity contribution >= 4 is 34.0 Å². The molecule has 4 aliphatic heterocycles. The highest BCUT2D eigenvalue weighted by molar-refractivity contribution is 6.26. The van der Waals surface area contributed by atoms with E-state index < -0.39 is 41.3 Å². The summed E-state index contributed by atoms with van der Waals surface area (Å²) >= 11 is 0. The molecule has 4 saturated heterocycles. The molecule has 41 heavy (non-hydrogen) atoms. The summed E-state index contributed by atoms with van der Waals surface area (Å²) in [7, 11) is 0. The van der Waals surface area contributed by atoms with E-state index in [-0.39, 0.29) is 18.9 Å². The Morgan fingerprint density at radius 1 is 1.05 bits per heavy atom.